The summed E-state index contributed by atoms with van der Waals surface area (Å²) < 4.78 is 0. The van der Waals surface area contributed by atoms with Gasteiger partial charge < -0.3 is 5.11 Å². The molecule has 1 nitrogen and oxygen atoms in total. The first-order chi connectivity index (χ1) is 8.70. The second kappa shape index (κ2) is 8.10. The van der Waals surface area contributed by atoms with Crippen molar-refractivity contribution in [1.82, 2.24) is 0 Å². The Morgan fingerprint density at radius 3 is 2.50 bits per heavy atom. The van der Waals surface area contributed by atoms with Gasteiger partial charge >= 0.3 is 0 Å². The smallest absolute Gasteiger partial charge is 0.0571 e. The summed E-state index contributed by atoms with van der Waals surface area (Å²) in [6, 6.07) is 10.5. The Morgan fingerprint density at radius 2 is 1.94 bits per heavy atom. The van der Waals surface area contributed by atoms with Crippen LogP contribution >= 0.6 is 0 Å². The molecule has 0 amide bonds. The third kappa shape index (κ3) is 4.30. The largest absolute Gasteiger partial charge is 0.393 e. The zero-order valence-electron chi connectivity index (χ0n) is 11.7. The highest BCUT2D eigenvalue weighted by molar-refractivity contribution is 5.21. The molecule has 0 spiro atoms. The molecule has 0 aliphatic heterocycles. The molecule has 0 aliphatic rings. The molecular formula is C17H26O. The minimum atomic E-state index is -0.213. The Morgan fingerprint density at radius 1 is 1.28 bits per heavy atom. The molecule has 0 saturated heterocycles. The van der Waals surface area contributed by atoms with Gasteiger partial charge in [0.15, 0.2) is 0 Å². The van der Waals surface area contributed by atoms with E-state index in [4.69, 9.17) is 0 Å². The van der Waals surface area contributed by atoms with Crippen LogP contribution in [0.5, 0.6) is 0 Å². The van der Waals surface area contributed by atoms with Crippen LogP contribution in [0.1, 0.15) is 51.0 Å². The highest BCUT2D eigenvalue weighted by atomic mass is 16.3. The molecule has 0 unspecified atom stereocenters. The molecular weight excluding hydrogens is 220 g/mol. The van der Waals surface area contributed by atoms with Crippen LogP contribution in [0.2, 0.25) is 0 Å². The van der Waals surface area contributed by atoms with E-state index in [1.165, 1.54) is 5.56 Å². The normalized spacial score (nSPS) is 15.9. The van der Waals surface area contributed by atoms with Crippen LogP contribution in [0.25, 0.3) is 0 Å². The van der Waals surface area contributed by atoms with Crippen molar-refractivity contribution in [2.45, 2.75) is 51.6 Å². The molecule has 1 N–H and O–H groups in total. The van der Waals surface area contributed by atoms with Gasteiger partial charge in [0.25, 0.3) is 0 Å². The maximum Gasteiger partial charge on any atom is 0.0571 e. The average molecular weight is 246 g/mol. The molecule has 18 heavy (non-hydrogen) atoms. The summed E-state index contributed by atoms with van der Waals surface area (Å²) >= 11 is 0. The van der Waals surface area contributed by atoms with Gasteiger partial charge in [0.1, 0.15) is 0 Å². The molecule has 0 saturated carbocycles. The van der Waals surface area contributed by atoms with E-state index in [9.17, 15) is 5.11 Å². The van der Waals surface area contributed by atoms with E-state index < -0.39 is 0 Å². The van der Waals surface area contributed by atoms with Gasteiger partial charge in [-0.15, -0.1) is 6.58 Å². The number of benzene rings is 1. The van der Waals surface area contributed by atoms with Gasteiger partial charge in [-0.05, 0) is 30.2 Å². The molecule has 0 aromatic heterocycles. The summed E-state index contributed by atoms with van der Waals surface area (Å²) in [6.45, 7) is 8.17. The van der Waals surface area contributed by atoms with Crippen molar-refractivity contribution < 1.29 is 5.11 Å². The Kier molecular flexibility index (Phi) is 6.74. The predicted molar refractivity (Wildman–Crippen MR) is 78.7 cm³/mol. The fourth-order valence-corrected chi connectivity index (χ4v) is 2.48. The van der Waals surface area contributed by atoms with E-state index >= 15 is 0 Å². The topological polar surface area (TPSA) is 20.2 Å². The minimum Gasteiger partial charge on any atom is -0.393 e. The van der Waals surface area contributed by atoms with Gasteiger partial charge in [-0.3, -0.25) is 0 Å². The van der Waals surface area contributed by atoms with Crippen molar-refractivity contribution in [1.29, 1.82) is 0 Å². The number of aliphatic hydroxyl groups is 1. The molecule has 1 rings (SSSR count). The van der Waals surface area contributed by atoms with E-state index in [1.54, 1.807) is 0 Å². The number of aliphatic hydroxyl groups excluding tert-OH is 1. The summed E-state index contributed by atoms with van der Waals surface area (Å²) in [5, 5.41) is 10.3. The van der Waals surface area contributed by atoms with Crippen molar-refractivity contribution in [3.63, 3.8) is 0 Å². The van der Waals surface area contributed by atoms with Gasteiger partial charge in [0.2, 0.25) is 0 Å². The molecule has 0 aliphatic carbocycles. The van der Waals surface area contributed by atoms with E-state index in [0.717, 1.165) is 25.7 Å². The lowest BCUT2D eigenvalue weighted by Crippen LogP contribution is -2.24. The summed E-state index contributed by atoms with van der Waals surface area (Å²) in [7, 11) is 0. The minimum absolute atomic E-state index is 0.213. The molecule has 3 atom stereocenters. The van der Waals surface area contributed by atoms with Crippen LogP contribution in [0.3, 0.4) is 0 Å². The standard InChI is InChI=1S/C17H26O/c1-4-6-13-17(18)14(3)16(10-5-2)15-11-8-7-9-12-15/h5,7-9,11-12,14,16-18H,2,4,6,10,13H2,1,3H3/t14-,16-,17-/m0/s1. The third-order valence-corrected chi connectivity index (χ3v) is 3.74. The first kappa shape index (κ1) is 15.0. The van der Waals surface area contributed by atoms with Crippen molar-refractivity contribution in [3.8, 4) is 0 Å². The first-order valence-corrected chi connectivity index (χ1v) is 7.04. The van der Waals surface area contributed by atoms with Crippen molar-refractivity contribution in [3.05, 3.63) is 48.6 Å². The maximum absolute atomic E-state index is 10.3. The van der Waals surface area contributed by atoms with Crippen molar-refractivity contribution in [2.24, 2.45) is 5.92 Å². The number of rotatable bonds is 8. The zero-order valence-corrected chi connectivity index (χ0v) is 11.7. The number of hydrogen-bond donors (Lipinski definition) is 1. The van der Waals surface area contributed by atoms with E-state index in [1.807, 2.05) is 12.1 Å². The number of unbranched alkanes of at least 4 members (excludes halogenated alkanes) is 1. The van der Waals surface area contributed by atoms with E-state index in [2.05, 4.69) is 44.7 Å². The molecule has 0 radical (unpaired) electrons. The van der Waals surface area contributed by atoms with Gasteiger partial charge in [-0.2, -0.15) is 0 Å². The maximum atomic E-state index is 10.3. The van der Waals surface area contributed by atoms with Gasteiger partial charge in [-0.25, -0.2) is 0 Å². The van der Waals surface area contributed by atoms with Crippen molar-refractivity contribution >= 4 is 0 Å². The highest BCUT2D eigenvalue weighted by Crippen LogP contribution is 2.32. The zero-order chi connectivity index (χ0) is 13.4. The average Bonchev–Trinajstić information content (AvgIpc) is 2.42. The number of hydrogen-bond acceptors (Lipinski definition) is 1. The van der Waals surface area contributed by atoms with Gasteiger partial charge in [0, 0.05) is 0 Å². The third-order valence-electron chi connectivity index (χ3n) is 3.74. The molecule has 0 bridgehead atoms. The quantitative estimate of drug-likeness (QED) is 0.668. The summed E-state index contributed by atoms with van der Waals surface area (Å²) in [6.07, 6.45) is 5.81. The molecule has 0 fully saturated rings. The predicted octanol–water partition coefficient (Wildman–Crippen LogP) is 4.53. The summed E-state index contributed by atoms with van der Waals surface area (Å²) in [5.74, 6) is 0.646. The van der Waals surface area contributed by atoms with Crippen molar-refractivity contribution in [2.75, 3.05) is 0 Å². The fraction of sp³-hybridized carbons (Fsp3) is 0.529. The second-order valence-electron chi connectivity index (χ2n) is 5.11. The first-order valence-electron chi connectivity index (χ1n) is 7.04. The van der Waals surface area contributed by atoms with Crippen LogP contribution in [0.15, 0.2) is 43.0 Å². The second-order valence-corrected chi connectivity index (χ2v) is 5.11. The lowest BCUT2D eigenvalue weighted by molar-refractivity contribution is 0.0908. The monoisotopic (exact) mass is 246 g/mol. The van der Waals surface area contributed by atoms with Gasteiger partial charge in [-0.1, -0.05) is 63.1 Å². The van der Waals surface area contributed by atoms with Crippen LogP contribution in [0, 0.1) is 5.92 Å². The summed E-state index contributed by atoms with van der Waals surface area (Å²) in [4.78, 5) is 0. The lowest BCUT2D eigenvalue weighted by Gasteiger charge is -2.27. The molecule has 1 heteroatoms. The highest BCUT2D eigenvalue weighted by Gasteiger charge is 2.24. The summed E-state index contributed by atoms with van der Waals surface area (Å²) in [5.41, 5.74) is 1.31. The molecule has 0 heterocycles. The van der Waals surface area contributed by atoms with E-state index in [-0.39, 0.29) is 12.0 Å². The van der Waals surface area contributed by atoms with Crippen LogP contribution in [-0.4, -0.2) is 11.2 Å². The lowest BCUT2D eigenvalue weighted by atomic mass is 9.80. The van der Waals surface area contributed by atoms with Gasteiger partial charge in [0.05, 0.1) is 6.10 Å². The molecule has 100 valence electrons. The van der Waals surface area contributed by atoms with E-state index in [0.29, 0.717) is 5.92 Å². The fourth-order valence-electron chi connectivity index (χ4n) is 2.48. The Labute approximate surface area is 112 Å². The molecule has 1 aromatic carbocycles. The Hall–Kier alpha value is -1.08. The Bertz CT molecular complexity index is 331. The number of allylic oxidation sites excluding steroid dienone is 1. The Balaban J connectivity index is 2.75. The van der Waals surface area contributed by atoms with Crippen LogP contribution in [-0.2, 0) is 0 Å². The van der Waals surface area contributed by atoms with Crippen LogP contribution < -0.4 is 0 Å². The molecule has 1 aromatic rings. The van der Waals surface area contributed by atoms with Crippen LogP contribution in [0.4, 0.5) is 0 Å². The SMILES string of the molecule is C=CC[C@H](c1ccccc1)[C@H](C)[C@@H](O)CCCC.